The van der Waals surface area contributed by atoms with Gasteiger partial charge < -0.3 is 15.6 Å². The van der Waals surface area contributed by atoms with Crippen molar-refractivity contribution < 1.29 is 23.0 Å². The molecule has 1 aliphatic heterocycles. The van der Waals surface area contributed by atoms with Crippen LogP contribution in [0.3, 0.4) is 0 Å². The summed E-state index contributed by atoms with van der Waals surface area (Å²) < 4.78 is 23.1. The molecule has 3 rings (SSSR count). The molecule has 0 fully saturated rings. The molecule has 136 valence electrons. The van der Waals surface area contributed by atoms with E-state index in [1.807, 2.05) is 26.0 Å². The van der Waals surface area contributed by atoms with Crippen molar-refractivity contribution in [1.29, 1.82) is 0 Å². The maximum Gasteiger partial charge on any atom is 0.318 e. The summed E-state index contributed by atoms with van der Waals surface area (Å²) in [6.45, 7) is 3.88. The summed E-state index contributed by atoms with van der Waals surface area (Å²) >= 11 is 0. The fourth-order valence-electron chi connectivity index (χ4n) is 2.73. The Kier molecular flexibility index (Phi) is 4.45. The van der Waals surface area contributed by atoms with Crippen molar-refractivity contribution in [3.8, 4) is 16.9 Å². The third-order valence-corrected chi connectivity index (χ3v) is 5.73. The van der Waals surface area contributed by atoms with E-state index in [2.05, 4.69) is 5.32 Å². The van der Waals surface area contributed by atoms with Crippen molar-refractivity contribution in [3.63, 3.8) is 0 Å². The average molecular weight is 374 g/mol. The molecule has 2 heterocycles. The highest BCUT2D eigenvalue weighted by atomic mass is 32.2. The van der Waals surface area contributed by atoms with Gasteiger partial charge in [0, 0.05) is 5.41 Å². The van der Waals surface area contributed by atoms with Gasteiger partial charge in [0.05, 0.1) is 23.4 Å². The number of aryl methyl sites for hydroxylation is 2. The van der Waals surface area contributed by atoms with E-state index in [9.17, 15) is 23.5 Å². The summed E-state index contributed by atoms with van der Waals surface area (Å²) in [5, 5.41) is 26.0. The van der Waals surface area contributed by atoms with Crippen LogP contribution >= 0.6 is 0 Å². The lowest BCUT2D eigenvalue weighted by atomic mass is 10.0. The highest BCUT2D eigenvalue weighted by Crippen LogP contribution is 2.29. The van der Waals surface area contributed by atoms with Gasteiger partial charge in [-0.15, -0.1) is 0 Å². The molecular weight excluding hydrogens is 356 g/mol. The molecule has 1 amide bonds. The second-order valence-corrected chi connectivity index (χ2v) is 8.25. The summed E-state index contributed by atoms with van der Waals surface area (Å²) in [5.74, 6) is -1.21. The minimum Gasteiger partial charge on any atom is -0.618 e. The number of pyridine rings is 1. The zero-order valence-electron chi connectivity index (χ0n) is 14.3. The van der Waals surface area contributed by atoms with Gasteiger partial charge in [-0.2, -0.15) is 4.73 Å². The van der Waals surface area contributed by atoms with Gasteiger partial charge in [0.1, 0.15) is 5.75 Å². The molecule has 0 bridgehead atoms. The van der Waals surface area contributed by atoms with Crippen LogP contribution in [0.2, 0.25) is 0 Å². The standard InChI is InChI=1S/C18H18N2O5S/c1-11-3-4-13(7-12(11)2)15-9-20(23)16(8-17(15)21)18(22)19-14-5-6-26(24,25)10-14/h3-9,14,21H,10H2,1-2H3,(H,19,22). The second kappa shape index (κ2) is 6.45. The molecule has 2 aromatic rings. The Morgan fingerprint density at radius 3 is 2.62 bits per heavy atom. The van der Waals surface area contributed by atoms with Crippen LogP contribution < -0.4 is 10.0 Å². The van der Waals surface area contributed by atoms with Crippen LogP contribution in [-0.4, -0.2) is 31.2 Å². The molecule has 1 aliphatic rings. The van der Waals surface area contributed by atoms with Crippen molar-refractivity contribution in [2.45, 2.75) is 19.9 Å². The molecule has 0 saturated carbocycles. The van der Waals surface area contributed by atoms with Crippen molar-refractivity contribution in [1.82, 2.24) is 5.32 Å². The topological polar surface area (TPSA) is 110 Å². The third-order valence-electron chi connectivity index (χ3n) is 4.33. The number of carbonyl (C=O) groups excluding carboxylic acids is 1. The van der Waals surface area contributed by atoms with Gasteiger partial charge in [-0.25, -0.2) is 8.42 Å². The number of amides is 1. The minimum atomic E-state index is -3.32. The van der Waals surface area contributed by atoms with E-state index < -0.39 is 21.8 Å². The number of nitrogens with zero attached hydrogens (tertiary/aromatic N) is 1. The summed E-state index contributed by atoms with van der Waals surface area (Å²) in [6.07, 6.45) is 2.49. The van der Waals surface area contributed by atoms with E-state index >= 15 is 0 Å². The Balaban J connectivity index is 1.88. The molecule has 1 unspecified atom stereocenters. The van der Waals surface area contributed by atoms with E-state index in [0.29, 0.717) is 15.9 Å². The number of carbonyl (C=O) groups is 1. The number of nitrogens with one attached hydrogen (secondary N) is 1. The van der Waals surface area contributed by atoms with Crippen LogP contribution in [-0.2, 0) is 9.84 Å². The molecule has 2 N–H and O–H groups in total. The maximum absolute atomic E-state index is 12.3. The molecule has 26 heavy (non-hydrogen) atoms. The number of benzene rings is 1. The Bertz CT molecular complexity index is 1030. The highest BCUT2D eigenvalue weighted by Gasteiger charge is 2.27. The lowest BCUT2D eigenvalue weighted by Crippen LogP contribution is -2.43. The van der Waals surface area contributed by atoms with Crippen LogP contribution in [0.15, 0.2) is 41.9 Å². The normalized spacial score (nSPS) is 18.0. The first kappa shape index (κ1) is 17.9. The van der Waals surface area contributed by atoms with E-state index in [0.717, 1.165) is 28.8 Å². The van der Waals surface area contributed by atoms with Gasteiger partial charge in [-0.05, 0) is 36.6 Å². The lowest BCUT2D eigenvalue weighted by Gasteiger charge is -2.12. The minimum absolute atomic E-state index is 0.208. The first-order valence-electron chi connectivity index (χ1n) is 7.92. The van der Waals surface area contributed by atoms with E-state index in [-0.39, 0.29) is 17.2 Å². The Hall–Kier alpha value is -2.87. The van der Waals surface area contributed by atoms with Crippen molar-refractivity contribution in [2.24, 2.45) is 0 Å². The molecule has 8 heteroatoms. The molecule has 0 aliphatic carbocycles. The molecule has 0 spiro atoms. The summed E-state index contributed by atoms with van der Waals surface area (Å²) in [5.41, 5.74) is 2.75. The number of rotatable bonds is 3. The van der Waals surface area contributed by atoms with Gasteiger partial charge in [0.15, 0.2) is 16.0 Å². The van der Waals surface area contributed by atoms with E-state index in [1.165, 1.54) is 6.08 Å². The Morgan fingerprint density at radius 1 is 1.27 bits per heavy atom. The predicted molar refractivity (Wildman–Crippen MR) is 96.2 cm³/mol. The zero-order chi connectivity index (χ0) is 19.1. The fraction of sp³-hybridized carbons (Fsp3) is 0.222. The van der Waals surface area contributed by atoms with Crippen molar-refractivity contribution in [3.05, 3.63) is 64.0 Å². The highest BCUT2D eigenvalue weighted by molar-refractivity contribution is 7.94. The first-order valence-corrected chi connectivity index (χ1v) is 9.63. The van der Waals surface area contributed by atoms with Crippen LogP contribution in [0.1, 0.15) is 21.6 Å². The molecule has 1 aromatic heterocycles. The van der Waals surface area contributed by atoms with E-state index in [4.69, 9.17) is 0 Å². The molecule has 1 aromatic carbocycles. The maximum atomic E-state index is 12.3. The molecule has 0 saturated heterocycles. The lowest BCUT2D eigenvalue weighted by molar-refractivity contribution is -0.607. The van der Waals surface area contributed by atoms with Gasteiger partial charge in [0.25, 0.3) is 5.69 Å². The van der Waals surface area contributed by atoms with Gasteiger partial charge in [-0.1, -0.05) is 18.2 Å². The zero-order valence-corrected chi connectivity index (χ0v) is 15.1. The number of aromatic hydroxyl groups is 1. The number of hydrogen-bond donors (Lipinski definition) is 2. The molecule has 1 atom stereocenters. The SMILES string of the molecule is Cc1ccc(-c2c[n+]([O-])c(C(=O)NC3C=CS(=O)(=O)C3)cc2O)cc1C. The predicted octanol–water partition coefficient (Wildman–Crippen LogP) is 1.35. The molecule has 7 nitrogen and oxygen atoms in total. The van der Waals surface area contributed by atoms with Crippen LogP contribution in [0.4, 0.5) is 0 Å². The number of hydrogen-bond acceptors (Lipinski definition) is 5. The Morgan fingerprint density at radius 2 is 2.00 bits per heavy atom. The molecular formula is C18H18N2O5S. The van der Waals surface area contributed by atoms with Crippen molar-refractivity contribution >= 4 is 15.7 Å². The van der Waals surface area contributed by atoms with Gasteiger partial charge in [-0.3, -0.25) is 4.79 Å². The average Bonchev–Trinajstić information content (AvgIpc) is 2.90. The smallest absolute Gasteiger partial charge is 0.318 e. The second-order valence-electron chi connectivity index (χ2n) is 6.32. The summed E-state index contributed by atoms with van der Waals surface area (Å²) in [4.78, 5) is 12.3. The first-order chi connectivity index (χ1) is 12.2. The number of sulfone groups is 1. The largest absolute Gasteiger partial charge is 0.618 e. The fourth-order valence-corrected chi connectivity index (χ4v) is 3.96. The monoisotopic (exact) mass is 374 g/mol. The molecule has 0 radical (unpaired) electrons. The summed E-state index contributed by atoms with van der Waals surface area (Å²) in [6, 6.07) is 5.89. The quantitative estimate of drug-likeness (QED) is 0.622. The van der Waals surface area contributed by atoms with Crippen molar-refractivity contribution in [2.75, 3.05) is 5.75 Å². The van der Waals surface area contributed by atoms with Gasteiger partial charge >= 0.3 is 5.91 Å². The third kappa shape index (κ3) is 3.55. The van der Waals surface area contributed by atoms with Crippen LogP contribution in [0.5, 0.6) is 5.75 Å². The van der Waals surface area contributed by atoms with Crippen LogP contribution in [0, 0.1) is 19.1 Å². The number of aromatic nitrogens is 1. The van der Waals surface area contributed by atoms with Gasteiger partial charge in [0.2, 0.25) is 0 Å². The Labute approximate surface area is 151 Å². The summed E-state index contributed by atoms with van der Waals surface area (Å²) in [7, 11) is -3.32. The van der Waals surface area contributed by atoms with Crippen LogP contribution in [0.25, 0.3) is 11.1 Å². The van der Waals surface area contributed by atoms with E-state index in [1.54, 1.807) is 6.07 Å².